The molecule has 5 rings (SSSR count). The van der Waals surface area contributed by atoms with Gasteiger partial charge in [-0.15, -0.1) is 0 Å². The molecule has 1 atom stereocenters. The van der Waals surface area contributed by atoms with E-state index >= 15 is 0 Å². The number of anilines is 1. The van der Waals surface area contributed by atoms with Gasteiger partial charge in [-0.05, 0) is 67.7 Å². The second kappa shape index (κ2) is 10.6. The summed E-state index contributed by atoms with van der Waals surface area (Å²) >= 11 is 3.56. The van der Waals surface area contributed by atoms with Crippen molar-refractivity contribution in [2.24, 2.45) is 0 Å². The van der Waals surface area contributed by atoms with Crippen molar-refractivity contribution in [3.8, 4) is 11.3 Å². The molecule has 0 bridgehead atoms. The zero-order chi connectivity index (χ0) is 27.8. The molecule has 2 aromatic heterocycles. The summed E-state index contributed by atoms with van der Waals surface area (Å²) < 4.78 is 34.6. The Balaban J connectivity index is 1.46. The van der Waals surface area contributed by atoms with Crippen molar-refractivity contribution in [1.29, 1.82) is 0 Å². The van der Waals surface area contributed by atoms with Gasteiger partial charge in [-0.2, -0.15) is 0 Å². The molecule has 4 aromatic rings. The molecule has 1 amide bonds. The number of likely N-dealkylation sites (tertiary alicyclic amines) is 1. The van der Waals surface area contributed by atoms with E-state index in [1.807, 2.05) is 39.0 Å². The molecular weight excluding hydrogens is 582 g/mol. The van der Waals surface area contributed by atoms with E-state index in [1.165, 1.54) is 3.97 Å². The molecule has 204 valence electrons. The third-order valence-electron chi connectivity index (χ3n) is 6.38. The van der Waals surface area contributed by atoms with E-state index in [2.05, 4.69) is 26.2 Å². The quantitative estimate of drug-likeness (QED) is 0.299. The Morgan fingerprint density at radius 1 is 1.10 bits per heavy atom. The number of carbonyl (C=O) groups is 1. The van der Waals surface area contributed by atoms with Crippen LogP contribution in [0.1, 0.15) is 33.6 Å². The predicted molar refractivity (Wildman–Crippen MR) is 154 cm³/mol. The van der Waals surface area contributed by atoms with Crippen LogP contribution in [-0.4, -0.2) is 58.1 Å². The number of nitrogens with one attached hydrogen (secondary N) is 1. The number of piperidine rings is 1. The van der Waals surface area contributed by atoms with Gasteiger partial charge in [0.1, 0.15) is 5.60 Å². The number of aromatic nitrogens is 3. The summed E-state index contributed by atoms with van der Waals surface area (Å²) in [6.45, 7) is 6.66. The number of halogens is 1. The smallest absolute Gasteiger partial charge is 0.410 e. The first-order valence-electron chi connectivity index (χ1n) is 12.7. The number of para-hydroxylation sites is 1. The van der Waals surface area contributed by atoms with Crippen LogP contribution in [0, 0.1) is 0 Å². The number of hydrogen-bond donors (Lipinski definition) is 1. The Bertz CT molecular complexity index is 1620. The lowest BCUT2D eigenvalue weighted by Gasteiger charge is -2.34. The van der Waals surface area contributed by atoms with Gasteiger partial charge in [-0.25, -0.2) is 27.2 Å². The van der Waals surface area contributed by atoms with E-state index in [1.54, 1.807) is 53.7 Å². The number of hydrogen-bond acceptors (Lipinski definition) is 7. The molecule has 11 heteroatoms. The average Bonchev–Trinajstić information content (AvgIpc) is 3.30. The van der Waals surface area contributed by atoms with Crippen LogP contribution in [0.15, 0.2) is 76.4 Å². The topological polar surface area (TPSA) is 106 Å². The van der Waals surface area contributed by atoms with Gasteiger partial charge in [0.05, 0.1) is 20.6 Å². The molecule has 1 aliphatic heterocycles. The van der Waals surface area contributed by atoms with Crippen LogP contribution in [0.4, 0.5) is 10.7 Å². The van der Waals surface area contributed by atoms with Crippen molar-refractivity contribution >= 4 is 48.9 Å². The molecule has 1 N–H and O–H groups in total. The Morgan fingerprint density at radius 2 is 1.82 bits per heavy atom. The number of ether oxygens (including phenoxy) is 1. The van der Waals surface area contributed by atoms with Crippen molar-refractivity contribution < 1.29 is 17.9 Å². The van der Waals surface area contributed by atoms with Crippen LogP contribution in [-0.2, 0) is 14.8 Å². The molecule has 1 saturated heterocycles. The molecule has 1 unspecified atom stereocenters. The highest BCUT2D eigenvalue weighted by atomic mass is 79.9. The molecular formula is C28H30BrN5O4S. The molecule has 0 aliphatic carbocycles. The fraction of sp³-hybridized carbons (Fsp3) is 0.321. The zero-order valence-corrected chi connectivity index (χ0v) is 24.4. The van der Waals surface area contributed by atoms with E-state index in [9.17, 15) is 13.2 Å². The highest BCUT2D eigenvalue weighted by molar-refractivity contribution is 9.10. The summed E-state index contributed by atoms with van der Waals surface area (Å²) in [7, 11) is -3.83. The van der Waals surface area contributed by atoms with Crippen LogP contribution >= 0.6 is 15.9 Å². The molecule has 0 saturated carbocycles. The van der Waals surface area contributed by atoms with Crippen LogP contribution in [0.3, 0.4) is 0 Å². The highest BCUT2D eigenvalue weighted by Gasteiger charge is 2.28. The molecule has 0 radical (unpaired) electrons. The first-order chi connectivity index (χ1) is 18.5. The Morgan fingerprint density at radius 3 is 2.56 bits per heavy atom. The van der Waals surface area contributed by atoms with Gasteiger partial charge >= 0.3 is 6.09 Å². The number of amides is 1. The standard InChI is InChI=1S/C28H30BrN5O4S/c1-28(2,3)38-27(35)33-15-9-10-19(17-33)31-26-30-16-23(29)25(32-26)22-18-34(24-14-8-7-13-21(22)24)39(36,37)20-11-5-4-6-12-20/h4-8,11-14,16,18-19H,9-10,15,17H2,1-3H3,(H,30,31,32). The third-order valence-corrected chi connectivity index (χ3v) is 8.65. The van der Waals surface area contributed by atoms with E-state index in [0.29, 0.717) is 40.3 Å². The van der Waals surface area contributed by atoms with Crippen molar-refractivity contribution in [2.75, 3.05) is 18.4 Å². The van der Waals surface area contributed by atoms with E-state index < -0.39 is 15.6 Å². The van der Waals surface area contributed by atoms with Gasteiger partial charge in [0.2, 0.25) is 5.95 Å². The maximum atomic E-state index is 13.5. The van der Waals surface area contributed by atoms with Crippen molar-refractivity contribution in [2.45, 2.75) is 50.2 Å². The van der Waals surface area contributed by atoms with E-state index in [4.69, 9.17) is 9.72 Å². The largest absolute Gasteiger partial charge is 0.444 e. The van der Waals surface area contributed by atoms with Gasteiger partial charge in [0.25, 0.3) is 10.0 Å². The third kappa shape index (κ3) is 5.79. The fourth-order valence-electron chi connectivity index (χ4n) is 4.64. The van der Waals surface area contributed by atoms with Gasteiger partial charge in [0.15, 0.2) is 0 Å². The second-order valence-electron chi connectivity index (χ2n) is 10.5. The Hall–Kier alpha value is -3.44. The first kappa shape index (κ1) is 27.1. The lowest BCUT2D eigenvalue weighted by Crippen LogP contribution is -2.47. The summed E-state index contributed by atoms with van der Waals surface area (Å²) in [6, 6.07) is 15.6. The molecule has 1 fully saturated rings. The maximum Gasteiger partial charge on any atom is 0.410 e. The lowest BCUT2D eigenvalue weighted by atomic mass is 10.1. The SMILES string of the molecule is CC(C)(C)OC(=O)N1CCCC(Nc2ncc(Br)c(-c3cn(S(=O)(=O)c4ccccc4)c4ccccc34)n2)C1. The minimum Gasteiger partial charge on any atom is -0.444 e. The highest BCUT2D eigenvalue weighted by Crippen LogP contribution is 2.36. The van der Waals surface area contributed by atoms with Gasteiger partial charge in [0, 0.05) is 42.5 Å². The van der Waals surface area contributed by atoms with Crippen LogP contribution in [0.5, 0.6) is 0 Å². The molecule has 0 spiro atoms. The van der Waals surface area contributed by atoms with Gasteiger partial charge in [-0.1, -0.05) is 36.4 Å². The number of benzene rings is 2. The maximum absolute atomic E-state index is 13.5. The van der Waals surface area contributed by atoms with Crippen molar-refractivity contribution in [3.05, 3.63) is 71.5 Å². The number of nitrogens with zero attached hydrogens (tertiary/aromatic N) is 4. The lowest BCUT2D eigenvalue weighted by molar-refractivity contribution is 0.0206. The summed E-state index contributed by atoms with van der Waals surface area (Å²) in [4.78, 5) is 23.7. The Kier molecular flexibility index (Phi) is 7.39. The molecule has 2 aromatic carbocycles. The number of carbonyl (C=O) groups excluding carboxylic acids is 1. The van der Waals surface area contributed by atoms with Gasteiger partial charge in [-0.3, -0.25) is 0 Å². The summed E-state index contributed by atoms with van der Waals surface area (Å²) in [5, 5.41) is 4.11. The first-order valence-corrected chi connectivity index (χ1v) is 14.9. The summed E-state index contributed by atoms with van der Waals surface area (Å²) in [5.74, 6) is 0.395. The Labute approximate surface area is 236 Å². The molecule has 39 heavy (non-hydrogen) atoms. The number of rotatable bonds is 5. The molecule has 9 nitrogen and oxygen atoms in total. The monoisotopic (exact) mass is 611 g/mol. The second-order valence-corrected chi connectivity index (χ2v) is 13.1. The summed E-state index contributed by atoms with van der Waals surface area (Å²) in [6.07, 6.45) is 4.60. The van der Waals surface area contributed by atoms with E-state index in [0.717, 1.165) is 18.2 Å². The average molecular weight is 613 g/mol. The normalized spacial score (nSPS) is 16.3. The van der Waals surface area contributed by atoms with Crippen LogP contribution < -0.4 is 5.32 Å². The predicted octanol–water partition coefficient (Wildman–Crippen LogP) is 5.91. The number of fused-ring (bicyclic) bond motifs is 1. The zero-order valence-electron chi connectivity index (χ0n) is 22.0. The molecule has 1 aliphatic rings. The fourth-order valence-corrected chi connectivity index (χ4v) is 6.43. The molecule has 3 heterocycles. The van der Waals surface area contributed by atoms with Crippen molar-refractivity contribution in [3.63, 3.8) is 0 Å². The minimum absolute atomic E-state index is 0.0555. The van der Waals surface area contributed by atoms with Crippen LogP contribution in [0.25, 0.3) is 22.2 Å². The van der Waals surface area contributed by atoms with E-state index in [-0.39, 0.29) is 17.0 Å². The summed E-state index contributed by atoms with van der Waals surface area (Å²) in [5.41, 5.74) is 1.21. The minimum atomic E-state index is -3.83. The van der Waals surface area contributed by atoms with Crippen LogP contribution in [0.2, 0.25) is 0 Å². The van der Waals surface area contributed by atoms with Gasteiger partial charge < -0.3 is 15.0 Å². The van der Waals surface area contributed by atoms with Crippen molar-refractivity contribution in [1.82, 2.24) is 18.8 Å².